The van der Waals surface area contributed by atoms with Crippen molar-refractivity contribution in [2.75, 3.05) is 13.2 Å². The van der Waals surface area contributed by atoms with E-state index in [0.717, 1.165) is 29.1 Å². The molecular formula is C14H21NO2. The van der Waals surface area contributed by atoms with Gasteiger partial charge in [0, 0.05) is 12.1 Å². The Morgan fingerprint density at radius 1 is 1.29 bits per heavy atom. The highest BCUT2D eigenvalue weighted by atomic mass is 16.5. The zero-order chi connectivity index (χ0) is 12.7. The summed E-state index contributed by atoms with van der Waals surface area (Å²) in [6.07, 6.45) is 0.911. The average molecular weight is 235 g/mol. The molecule has 0 saturated carbocycles. The van der Waals surface area contributed by atoms with Crippen molar-refractivity contribution in [3.63, 3.8) is 0 Å². The van der Waals surface area contributed by atoms with Gasteiger partial charge in [-0.15, -0.1) is 0 Å². The standard InChI is InChI=1S/C14H21NO2/c1-4-11(3)10-17-14-12(9-15)7-6-8-13(14)16-5-2/h6-8H,3-5,9-10,15H2,1-2H3. The van der Waals surface area contributed by atoms with Crippen LogP contribution in [-0.2, 0) is 6.54 Å². The van der Waals surface area contributed by atoms with Gasteiger partial charge in [0.1, 0.15) is 6.61 Å². The number of hydrogen-bond acceptors (Lipinski definition) is 3. The summed E-state index contributed by atoms with van der Waals surface area (Å²) in [7, 11) is 0. The van der Waals surface area contributed by atoms with Gasteiger partial charge in [-0.3, -0.25) is 0 Å². The van der Waals surface area contributed by atoms with Gasteiger partial charge in [0.25, 0.3) is 0 Å². The number of nitrogens with two attached hydrogens (primary N) is 1. The molecule has 0 fully saturated rings. The molecule has 0 heterocycles. The van der Waals surface area contributed by atoms with E-state index in [4.69, 9.17) is 15.2 Å². The Morgan fingerprint density at radius 2 is 2.06 bits per heavy atom. The van der Waals surface area contributed by atoms with Gasteiger partial charge in [0.05, 0.1) is 6.61 Å². The number of hydrogen-bond donors (Lipinski definition) is 1. The predicted molar refractivity (Wildman–Crippen MR) is 70.4 cm³/mol. The number of benzene rings is 1. The largest absolute Gasteiger partial charge is 0.490 e. The fourth-order valence-electron chi connectivity index (χ4n) is 1.43. The molecule has 0 saturated heterocycles. The van der Waals surface area contributed by atoms with Gasteiger partial charge >= 0.3 is 0 Å². The highest BCUT2D eigenvalue weighted by Gasteiger charge is 2.10. The number of rotatable bonds is 7. The Balaban J connectivity index is 2.88. The van der Waals surface area contributed by atoms with Gasteiger partial charge in [0.2, 0.25) is 0 Å². The molecule has 3 nitrogen and oxygen atoms in total. The molecule has 1 rings (SSSR count). The molecule has 0 spiro atoms. The van der Waals surface area contributed by atoms with Crippen LogP contribution < -0.4 is 15.2 Å². The first-order chi connectivity index (χ1) is 8.22. The summed E-state index contributed by atoms with van der Waals surface area (Å²) in [6.45, 7) is 9.49. The van der Waals surface area contributed by atoms with E-state index >= 15 is 0 Å². The average Bonchev–Trinajstić information content (AvgIpc) is 2.36. The van der Waals surface area contributed by atoms with Crippen LogP contribution in [0.2, 0.25) is 0 Å². The lowest BCUT2D eigenvalue weighted by atomic mass is 10.2. The second-order valence-corrected chi connectivity index (χ2v) is 3.77. The fraction of sp³-hybridized carbons (Fsp3) is 0.429. The van der Waals surface area contributed by atoms with Crippen LogP contribution in [0.5, 0.6) is 11.5 Å². The van der Waals surface area contributed by atoms with Crippen LogP contribution in [0.15, 0.2) is 30.4 Å². The van der Waals surface area contributed by atoms with Crippen LogP contribution in [-0.4, -0.2) is 13.2 Å². The van der Waals surface area contributed by atoms with Gasteiger partial charge in [-0.25, -0.2) is 0 Å². The smallest absolute Gasteiger partial charge is 0.166 e. The SMILES string of the molecule is C=C(CC)COc1c(CN)cccc1OCC. The van der Waals surface area contributed by atoms with Gasteiger partial charge in [-0.1, -0.05) is 25.6 Å². The topological polar surface area (TPSA) is 44.5 Å². The predicted octanol–water partition coefficient (Wildman–Crippen LogP) is 2.89. The molecule has 0 amide bonds. The van der Waals surface area contributed by atoms with E-state index in [1.807, 2.05) is 25.1 Å². The number of para-hydroxylation sites is 1. The number of ether oxygens (including phenoxy) is 2. The van der Waals surface area contributed by atoms with E-state index in [1.54, 1.807) is 0 Å². The molecule has 1 aromatic rings. The van der Waals surface area contributed by atoms with Crippen molar-refractivity contribution in [2.24, 2.45) is 5.73 Å². The Bertz CT molecular complexity index is 374. The minimum Gasteiger partial charge on any atom is -0.490 e. The third-order valence-corrected chi connectivity index (χ3v) is 2.50. The van der Waals surface area contributed by atoms with Gasteiger partial charge in [-0.2, -0.15) is 0 Å². The summed E-state index contributed by atoms with van der Waals surface area (Å²) in [5, 5.41) is 0. The van der Waals surface area contributed by atoms with Crippen molar-refractivity contribution in [2.45, 2.75) is 26.8 Å². The lowest BCUT2D eigenvalue weighted by molar-refractivity contribution is 0.289. The maximum Gasteiger partial charge on any atom is 0.166 e. The van der Waals surface area contributed by atoms with E-state index in [0.29, 0.717) is 19.8 Å². The van der Waals surface area contributed by atoms with E-state index in [-0.39, 0.29) is 0 Å². The van der Waals surface area contributed by atoms with Crippen LogP contribution in [0, 0.1) is 0 Å². The molecule has 2 N–H and O–H groups in total. The van der Waals surface area contributed by atoms with Crippen molar-refractivity contribution < 1.29 is 9.47 Å². The van der Waals surface area contributed by atoms with Crippen molar-refractivity contribution in [1.29, 1.82) is 0 Å². The summed E-state index contributed by atoms with van der Waals surface area (Å²) < 4.78 is 11.3. The molecule has 0 radical (unpaired) electrons. The van der Waals surface area contributed by atoms with Crippen molar-refractivity contribution >= 4 is 0 Å². The van der Waals surface area contributed by atoms with Crippen LogP contribution in [0.25, 0.3) is 0 Å². The highest BCUT2D eigenvalue weighted by molar-refractivity contribution is 5.46. The van der Waals surface area contributed by atoms with Crippen molar-refractivity contribution in [1.82, 2.24) is 0 Å². The lowest BCUT2D eigenvalue weighted by Crippen LogP contribution is -2.07. The van der Waals surface area contributed by atoms with E-state index in [9.17, 15) is 0 Å². The highest BCUT2D eigenvalue weighted by Crippen LogP contribution is 2.31. The maximum atomic E-state index is 5.76. The molecule has 0 aliphatic heterocycles. The molecule has 0 aromatic heterocycles. The minimum absolute atomic E-state index is 0.439. The van der Waals surface area contributed by atoms with E-state index in [2.05, 4.69) is 13.5 Å². The summed E-state index contributed by atoms with van der Waals surface area (Å²) in [4.78, 5) is 0. The fourth-order valence-corrected chi connectivity index (χ4v) is 1.43. The van der Waals surface area contributed by atoms with Crippen LogP contribution >= 0.6 is 0 Å². The van der Waals surface area contributed by atoms with Crippen LogP contribution in [0.3, 0.4) is 0 Å². The molecule has 17 heavy (non-hydrogen) atoms. The van der Waals surface area contributed by atoms with Crippen molar-refractivity contribution in [3.8, 4) is 11.5 Å². The lowest BCUT2D eigenvalue weighted by Gasteiger charge is -2.15. The summed E-state index contributed by atoms with van der Waals surface area (Å²) in [5.41, 5.74) is 7.71. The zero-order valence-electron chi connectivity index (χ0n) is 10.7. The maximum absolute atomic E-state index is 5.76. The van der Waals surface area contributed by atoms with E-state index in [1.165, 1.54) is 0 Å². The first-order valence-corrected chi connectivity index (χ1v) is 5.97. The van der Waals surface area contributed by atoms with Gasteiger partial charge in [0.15, 0.2) is 11.5 Å². The minimum atomic E-state index is 0.439. The van der Waals surface area contributed by atoms with E-state index < -0.39 is 0 Å². The van der Waals surface area contributed by atoms with Gasteiger partial charge < -0.3 is 15.2 Å². The van der Waals surface area contributed by atoms with Crippen LogP contribution in [0.4, 0.5) is 0 Å². The first-order valence-electron chi connectivity index (χ1n) is 5.97. The Labute approximate surface area is 103 Å². The Kier molecular flexibility index (Phi) is 5.57. The Morgan fingerprint density at radius 3 is 2.65 bits per heavy atom. The molecule has 0 unspecified atom stereocenters. The Hall–Kier alpha value is -1.48. The van der Waals surface area contributed by atoms with Crippen molar-refractivity contribution in [3.05, 3.63) is 35.9 Å². The van der Waals surface area contributed by atoms with Gasteiger partial charge in [-0.05, 0) is 25.0 Å². The monoisotopic (exact) mass is 235 g/mol. The molecule has 1 aromatic carbocycles. The summed E-state index contributed by atoms with van der Waals surface area (Å²) in [5.74, 6) is 1.49. The van der Waals surface area contributed by atoms with Crippen LogP contribution in [0.1, 0.15) is 25.8 Å². The molecule has 94 valence electrons. The molecule has 3 heteroatoms. The molecular weight excluding hydrogens is 214 g/mol. The zero-order valence-corrected chi connectivity index (χ0v) is 10.7. The molecule has 0 aliphatic rings. The second-order valence-electron chi connectivity index (χ2n) is 3.77. The third kappa shape index (κ3) is 3.79. The first kappa shape index (κ1) is 13.6. The summed E-state index contributed by atoms with van der Waals surface area (Å²) in [6, 6.07) is 5.77. The normalized spacial score (nSPS) is 10.1. The summed E-state index contributed by atoms with van der Waals surface area (Å²) >= 11 is 0. The molecule has 0 bridgehead atoms. The second kappa shape index (κ2) is 6.97. The molecule has 0 atom stereocenters. The third-order valence-electron chi connectivity index (χ3n) is 2.50. The quantitative estimate of drug-likeness (QED) is 0.739. The molecule has 0 aliphatic carbocycles.